The predicted octanol–water partition coefficient (Wildman–Crippen LogP) is 3.75. The van der Waals surface area contributed by atoms with Gasteiger partial charge in [-0.2, -0.15) is 0 Å². The molecular weight excluding hydrogens is 254 g/mol. The van der Waals surface area contributed by atoms with Crippen LogP contribution in [0.1, 0.15) is 0 Å². The van der Waals surface area contributed by atoms with E-state index in [9.17, 15) is 0 Å². The minimum absolute atomic E-state index is 0.471. The van der Waals surface area contributed by atoms with Crippen molar-refractivity contribution in [2.75, 3.05) is 0 Å². The van der Waals surface area contributed by atoms with Gasteiger partial charge in [0.25, 0.3) is 6.69 Å². The second-order valence-corrected chi connectivity index (χ2v) is 10.7. The first-order valence-corrected chi connectivity index (χ1v) is 8.53. The van der Waals surface area contributed by atoms with Gasteiger partial charge in [0.1, 0.15) is 0 Å². The van der Waals surface area contributed by atoms with E-state index in [0.717, 1.165) is 5.19 Å². The van der Waals surface area contributed by atoms with Crippen molar-refractivity contribution in [2.24, 2.45) is 0 Å². The molecule has 0 bridgehead atoms. The molecule has 1 aromatic rings. The van der Waals surface area contributed by atoms with Gasteiger partial charge in [0, 0.05) is 0 Å². The van der Waals surface area contributed by atoms with E-state index in [1.54, 1.807) is 24.7 Å². The Morgan fingerprint density at radius 2 is 1.75 bits per heavy atom. The third kappa shape index (κ3) is 2.30. The topological polar surface area (TPSA) is 0 Å². The highest BCUT2D eigenvalue weighted by atomic mass is 35.7. The Bertz CT molecular complexity index is 292. The van der Waals surface area contributed by atoms with Crippen molar-refractivity contribution in [1.82, 2.24) is 0 Å². The fraction of sp³-hybridized carbons (Fsp3) is 0.143. The minimum Gasteiger partial charge on any atom is -0.140 e. The monoisotopic (exact) mass is 258 g/mol. The maximum Gasteiger partial charge on any atom is 0.279 e. The molecule has 0 fully saturated rings. The third-order valence-corrected chi connectivity index (χ3v) is 4.99. The number of rotatable bonds is 1. The lowest BCUT2D eigenvalue weighted by Gasteiger charge is -2.12. The van der Waals surface area contributed by atoms with Crippen molar-refractivity contribution in [3.05, 3.63) is 28.2 Å². The molecule has 0 aliphatic carbocycles. The highest BCUT2D eigenvalue weighted by molar-refractivity contribution is 7.50. The summed E-state index contributed by atoms with van der Waals surface area (Å²) in [5, 5.41) is 1.73. The summed E-state index contributed by atoms with van der Waals surface area (Å²) in [6.45, 7) is -0.596. The molecule has 1 rings (SSSR count). The maximum absolute atomic E-state index is 6.00. The molecule has 0 aliphatic rings. The third-order valence-electron chi connectivity index (χ3n) is 1.42. The van der Waals surface area contributed by atoms with Crippen LogP contribution < -0.4 is 5.19 Å². The number of hydrogen-bond acceptors (Lipinski definition) is 0. The van der Waals surface area contributed by atoms with Crippen LogP contribution in [0, 0.1) is 0 Å². The van der Waals surface area contributed by atoms with E-state index in [2.05, 4.69) is 0 Å². The van der Waals surface area contributed by atoms with Gasteiger partial charge in [-0.1, -0.05) is 35.3 Å². The average Bonchev–Trinajstić information content (AvgIpc) is 1.92. The molecule has 0 amide bonds. The highest BCUT2D eigenvalue weighted by Gasteiger charge is 2.27. The van der Waals surface area contributed by atoms with Crippen LogP contribution in [-0.4, -0.2) is 6.69 Å². The van der Waals surface area contributed by atoms with Gasteiger partial charge in [-0.15, -0.1) is 22.2 Å². The van der Waals surface area contributed by atoms with E-state index in [0.29, 0.717) is 10.0 Å². The van der Waals surface area contributed by atoms with Crippen LogP contribution >= 0.6 is 45.4 Å². The zero-order valence-corrected chi connectivity index (χ0v) is 10.3. The van der Waals surface area contributed by atoms with Crippen molar-refractivity contribution in [2.45, 2.75) is 6.55 Å². The summed E-state index contributed by atoms with van der Waals surface area (Å²) in [4.78, 5) is 0. The fourth-order valence-electron chi connectivity index (χ4n) is 0.843. The van der Waals surface area contributed by atoms with Gasteiger partial charge in [-0.05, 0) is 17.8 Å². The molecule has 0 aliphatic heterocycles. The lowest BCUT2D eigenvalue weighted by atomic mass is 10.4. The van der Waals surface area contributed by atoms with Crippen LogP contribution in [0.4, 0.5) is 0 Å². The van der Waals surface area contributed by atoms with E-state index in [1.165, 1.54) is 0 Å². The molecule has 0 unspecified atom stereocenters. The molecule has 0 saturated carbocycles. The van der Waals surface area contributed by atoms with Gasteiger partial charge in [-0.3, -0.25) is 0 Å². The molecule has 1 aromatic carbocycles. The fourth-order valence-corrected chi connectivity index (χ4v) is 3.93. The first-order valence-electron chi connectivity index (χ1n) is 3.25. The Morgan fingerprint density at radius 3 is 2.17 bits per heavy atom. The summed E-state index contributed by atoms with van der Waals surface area (Å²) in [5.41, 5.74) is 0. The normalized spacial score (nSPS) is 11.8. The molecule has 0 spiro atoms. The molecule has 0 nitrogen and oxygen atoms in total. The van der Waals surface area contributed by atoms with Gasteiger partial charge in [0.2, 0.25) is 0 Å². The molecule has 5 heteroatoms. The zero-order valence-electron chi connectivity index (χ0n) is 6.24. The SMILES string of the molecule is C[Si](Cl)(Cl)c1cccc(Cl)c1Cl. The Hall–Kier alpha value is 0.597. The molecule has 0 aromatic heterocycles. The van der Waals surface area contributed by atoms with Crippen LogP contribution in [-0.2, 0) is 0 Å². The molecule has 12 heavy (non-hydrogen) atoms. The van der Waals surface area contributed by atoms with Gasteiger partial charge >= 0.3 is 0 Å². The highest BCUT2D eigenvalue weighted by Crippen LogP contribution is 2.25. The number of benzene rings is 1. The van der Waals surface area contributed by atoms with Crippen LogP contribution in [0.15, 0.2) is 18.2 Å². The van der Waals surface area contributed by atoms with E-state index in [4.69, 9.17) is 45.4 Å². The largest absolute Gasteiger partial charge is 0.279 e. The standard InChI is InChI=1S/C7H6Cl4Si/c1-12(10,11)6-4-2-3-5(8)7(6)9/h2-4H,1H3. The smallest absolute Gasteiger partial charge is 0.140 e. The van der Waals surface area contributed by atoms with E-state index < -0.39 is 6.69 Å². The second-order valence-electron chi connectivity index (χ2n) is 2.49. The van der Waals surface area contributed by atoms with Crippen molar-refractivity contribution in [1.29, 1.82) is 0 Å². The summed E-state index contributed by atoms with van der Waals surface area (Å²) < 4.78 is 0. The van der Waals surface area contributed by atoms with E-state index in [-0.39, 0.29) is 0 Å². The van der Waals surface area contributed by atoms with Gasteiger partial charge in [0.15, 0.2) is 0 Å². The van der Waals surface area contributed by atoms with Crippen LogP contribution in [0.2, 0.25) is 16.6 Å². The molecule has 0 atom stereocenters. The van der Waals surface area contributed by atoms with Crippen LogP contribution in [0.25, 0.3) is 0 Å². The lowest BCUT2D eigenvalue weighted by molar-refractivity contribution is 1.75. The van der Waals surface area contributed by atoms with Crippen LogP contribution in [0.5, 0.6) is 0 Å². The number of hydrogen-bond donors (Lipinski definition) is 0. The lowest BCUT2D eigenvalue weighted by Crippen LogP contribution is -2.33. The Balaban J connectivity index is 3.26. The quantitative estimate of drug-likeness (QED) is 0.532. The van der Waals surface area contributed by atoms with Gasteiger partial charge in [-0.25, -0.2) is 0 Å². The molecule has 0 heterocycles. The predicted molar refractivity (Wildman–Crippen MR) is 59.4 cm³/mol. The number of halogens is 4. The average molecular weight is 260 g/mol. The summed E-state index contributed by atoms with van der Waals surface area (Å²) in [5.74, 6) is 0. The molecular formula is C7H6Cl4Si. The summed E-state index contributed by atoms with van der Waals surface area (Å²) >= 11 is 23.7. The summed E-state index contributed by atoms with van der Waals surface area (Å²) in [6.07, 6.45) is 0. The van der Waals surface area contributed by atoms with Crippen molar-refractivity contribution < 1.29 is 0 Å². The van der Waals surface area contributed by atoms with Crippen molar-refractivity contribution >= 4 is 57.2 Å². The first kappa shape index (κ1) is 10.7. The zero-order chi connectivity index (χ0) is 9.35. The Kier molecular flexibility index (Phi) is 3.35. The Labute approximate surface area is 91.8 Å². The summed E-state index contributed by atoms with van der Waals surface area (Å²) in [6, 6.07) is 5.31. The van der Waals surface area contributed by atoms with Crippen molar-refractivity contribution in [3.63, 3.8) is 0 Å². The minimum atomic E-state index is -2.38. The maximum atomic E-state index is 6.00. The molecule has 0 saturated heterocycles. The van der Waals surface area contributed by atoms with Gasteiger partial charge in [0.05, 0.1) is 10.0 Å². The Morgan fingerprint density at radius 1 is 1.17 bits per heavy atom. The van der Waals surface area contributed by atoms with Gasteiger partial charge < -0.3 is 0 Å². The van der Waals surface area contributed by atoms with Crippen molar-refractivity contribution in [3.8, 4) is 0 Å². The second kappa shape index (κ2) is 3.77. The van der Waals surface area contributed by atoms with E-state index >= 15 is 0 Å². The molecule has 0 N–H and O–H groups in total. The van der Waals surface area contributed by atoms with E-state index in [1.807, 2.05) is 0 Å². The molecule has 0 radical (unpaired) electrons. The summed E-state index contributed by atoms with van der Waals surface area (Å²) in [7, 11) is 0. The first-order chi connectivity index (χ1) is 5.43. The van der Waals surface area contributed by atoms with Crippen LogP contribution in [0.3, 0.4) is 0 Å². The molecule has 66 valence electrons.